The molecule has 0 aromatic rings. The van der Waals surface area contributed by atoms with E-state index in [0.717, 1.165) is 64.5 Å². The number of hydrogen-bond donors (Lipinski definition) is 5. The molecule has 9 heteroatoms. The number of alkyl halides is 1. The average Bonchev–Trinajstić information content (AvgIpc) is 3.38. The second-order valence-electron chi connectivity index (χ2n) is 12.1. The highest BCUT2D eigenvalue weighted by Crippen LogP contribution is 2.40. The maximum absolute atomic E-state index is 14.1. The average molecular weight is 511 g/mol. The fourth-order valence-electron chi connectivity index (χ4n) is 6.55. The van der Waals surface area contributed by atoms with Crippen molar-refractivity contribution in [3.8, 4) is 0 Å². The number of carbonyl (C=O) groups excluding carboxylic acids is 2. The van der Waals surface area contributed by atoms with Gasteiger partial charge in [0.25, 0.3) is 0 Å². The van der Waals surface area contributed by atoms with E-state index in [1.807, 2.05) is 4.90 Å². The van der Waals surface area contributed by atoms with Crippen LogP contribution in [-0.2, 0) is 9.59 Å². The third-order valence-electron chi connectivity index (χ3n) is 8.71. The summed E-state index contributed by atoms with van der Waals surface area (Å²) in [6.07, 6.45) is 9.55. The summed E-state index contributed by atoms with van der Waals surface area (Å²) in [6, 6.07) is -1.07. The number of rotatable bonds is 6. The van der Waals surface area contributed by atoms with Crippen molar-refractivity contribution >= 4 is 23.4 Å². The molecule has 4 unspecified atom stereocenters. The van der Waals surface area contributed by atoms with Crippen LogP contribution < -0.4 is 26.6 Å². The maximum atomic E-state index is 14.1. The zero-order chi connectivity index (χ0) is 25.0. The lowest BCUT2D eigenvalue weighted by molar-refractivity contribution is -0.147. The number of nitrogens with one attached hydrogen (secondary N) is 5. The molecule has 0 aromatic carbocycles. The Morgan fingerprint density at radius 1 is 0.943 bits per heavy atom. The minimum absolute atomic E-state index is 0.0224. The van der Waals surface area contributed by atoms with E-state index in [9.17, 15) is 9.59 Å². The van der Waals surface area contributed by atoms with E-state index < -0.39 is 11.5 Å². The summed E-state index contributed by atoms with van der Waals surface area (Å²) in [5.74, 6) is 0.599. The molecule has 8 nitrogen and oxygen atoms in total. The first-order valence-electron chi connectivity index (χ1n) is 13.9. The van der Waals surface area contributed by atoms with Gasteiger partial charge >= 0.3 is 0 Å². The van der Waals surface area contributed by atoms with Crippen LogP contribution in [0.2, 0.25) is 0 Å². The number of hydrogen-bond acceptors (Lipinski definition) is 6. The van der Waals surface area contributed by atoms with Gasteiger partial charge in [-0.05, 0) is 49.9 Å². The lowest BCUT2D eigenvalue weighted by Crippen LogP contribution is -2.70. The molecule has 4 atom stereocenters. The lowest BCUT2D eigenvalue weighted by atomic mass is 9.71. The molecule has 2 saturated heterocycles. The Kier molecular flexibility index (Phi) is 9.36. The molecular formula is C26H47ClN6O2. The second kappa shape index (κ2) is 12.1. The van der Waals surface area contributed by atoms with Gasteiger partial charge in [-0.15, -0.1) is 11.6 Å². The standard InChI is InChI=1S/C26H47ClN6O2/c1-26(2,3)17-9-11-19(12-10-17)33(25(35)20-15-28-16-31-20)22(21-23(27)30-14-13-29-21)24(34)32-18-7-5-4-6-8-18/h17-23,28-31H,4-16H2,1-3H3,(H,32,34). The SMILES string of the molecule is CC(C)(C)C1CCC(N(C(=O)C2CNCN2)C(C(=O)NC2CCCCC2)C2NCCNC2Cl)CC1. The highest BCUT2D eigenvalue weighted by atomic mass is 35.5. The van der Waals surface area contributed by atoms with E-state index in [1.54, 1.807) is 0 Å². The van der Waals surface area contributed by atoms with Crippen molar-refractivity contribution in [2.75, 3.05) is 26.3 Å². The first-order valence-corrected chi connectivity index (χ1v) is 14.4. The van der Waals surface area contributed by atoms with Gasteiger partial charge < -0.3 is 20.9 Å². The van der Waals surface area contributed by atoms with Gasteiger partial charge in [0.05, 0.1) is 6.04 Å². The van der Waals surface area contributed by atoms with Crippen LogP contribution in [0.25, 0.3) is 0 Å². The minimum atomic E-state index is -0.640. The molecule has 0 aromatic heterocycles. The molecule has 5 N–H and O–H groups in total. The molecule has 2 aliphatic carbocycles. The van der Waals surface area contributed by atoms with Crippen LogP contribution in [0, 0.1) is 11.3 Å². The molecular weight excluding hydrogens is 464 g/mol. The number of carbonyl (C=O) groups is 2. The third kappa shape index (κ3) is 6.69. The lowest BCUT2D eigenvalue weighted by Gasteiger charge is -2.47. The van der Waals surface area contributed by atoms with E-state index in [-0.39, 0.29) is 41.4 Å². The van der Waals surface area contributed by atoms with Crippen LogP contribution in [0.15, 0.2) is 0 Å². The van der Waals surface area contributed by atoms with Crippen LogP contribution in [0.1, 0.15) is 78.6 Å². The summed E-state index contributed by atoms with van der Waals surface area (Å²) in [5.41, 5.74) is -0.161. The Balaban J connectivity index is 1.61. The van der Waals surface area contributed by atoms with Gasteiger partial charge in [-0.1, -0.05) is 40.0 Å². The predicted octanol–water partition coefficient (Wildman–Crippen LogP) is 1.88. The van der Waals surface area contributed by atoms with Crippen molar-refractivity contribution < 1.29 is 9.59 Å². The van der Waals surface area contributed by atoms with Gasteiger partial charge in [0.1, 0.15) is 17.6 Å². The van der Waals surface area contributed by atoms with Crippen LogP contribution in [0.4, 0.5) is 0 Å². The fourth-order valence-corrected chi connectivity index (χ4v) is 6.89. The summed E-state index contributed by atoms with van der Waals surface area (Å²) in [4.78, 5) is 30.0. The molecule has 4 rings (SSSR count). The molecule has 0 radical (unpaired) electrons. The first-order chi connectivity index (χ1) is 16.8. The van der Waals surface area contributed by atoms with Crippen LogP contribution in [0.3, 0.4) is 0 Å². The third-order valence-corrected chi connectivity index (χ3v) is 9.13. The van der Waals surface area contributed by atoms with E-state index in [1.165, 1.54) is 6.42 Å². The fraction of sp³-hybridized carbons (Fsp3) is 0.923. The van der Waals surface area contributed by atoms with Gasteiger partial charge in [0.2, 0.25) is 11.8 Å². The molecule has 4 fully saturated rings. The Labute approximate surface area is 216 Å². The highest BCUT2D eigenvalue weighted by molar-refractivity contribution is 6.21. The van der Waals surface area contributed by atoms with E-state index >= 15 is 0 Å². The largest absolute Gasteiger partial charge is 0.352 e. The molecule has 2 amide bonds. The van der Waals surface area contributed by atoms with Crippen molar-refractivity contribution in [2.45, 2.75) is 114 Å². The summed E-state index contributed by atoms with van der Waals surface area (Å²) in [5, 5.41) is 16.7. The maximum Gasteiger partial charge on any atom is 0.244 e. The van der Waals surface area contributed by atoms with Crippen molar-refractivity contribution in [2.24, 2.45) is 11.3 Å². The van der Waals surface area contributed by atoms with Crippen LogP contribution in [-0.4, -0.2) is 78.7 Å². The number of amides is 2. The van der Waals surface area contributed by atoms with E-state index in [2.05, 4.69) is 47.4 Å². The van der Waals surface area contributed by atoms with E-state index in [0.29, 0.717) is 19.1 Å². The van der Waals surface area contributed by atoms with Crippen molar-refractivity contribution in [1.82, 2.24) is 31.5 Å². The van der Waals surface area contributed by atoms with Gasteiger partial charge in [-0.2, -0.15) is 0 Å². The molecule has 2 aliphatic heterocycles. The number of halogens is 1. The first kappa shape index (κ1) is 27.1. The van der Waals surface area contributed by atoms with Crippen molar-refractivity contribution in [1.29, 1.82) is 0 Å². The number of piperazine rings is 1. The van der Waals surface area contributed by atoms with Gasteiger partial charge in [0.15, 0.2) is 0 Å². The molecule has 0 bridgehead atoms. The summed E-state index contributed by atoms with van der Waals surface area (Å²) in [6.45, 7) is 9.61. The second-order valence-corrected chi connectivity index (χ2v) is 12.6. The Morgan fingerprint density at radius 3 is 2.23 bits per heavy atom. The molecule has 200 valence electrons. The summed E-state index contributed by atoms with van der Waals surface area (Å²) >= 11 is 6.78. The zero-order valence-electron chi connectivity index (χ0n) is 21.9. The molecule has 4 aliphatic rings. The Morgan fingerprint density at radius 2 is 1.63 bits per heavy atom. The van der Waals surface area contributed by atoms with Gasteiger partial charge in [-0.3, -0.25) is 20.2 Å². The minimum Gasteiger partial charge on any atom is -0.352 e. The normalized spacial score (nSPS) is 33.8. The smallest absolute Gasteiger partial charge is 0.244 e. The topological polar surface area (TPSA) is 97.5 Å². The van der Waals surface area contributed by atoms with Crippen LogP contribution >= 0.6 is 11.6 Å². The highest BCUT2D eigenvalue weighted by Gasteiger charge is 2.47. The number of nitrogens with zero attached hydrogens (tertiary/aromatic N) is 1. The molecule has 2 saturated carbocycles. The Bertz CT molecular complexity index is 711. The summed E-state index contributed by atoms with van der Waals surface area (Å²) in [7, 11) is 0. The quantitative estimate of drug-likeness (QED) is 0.276. The molecule has 2 heterocycles. The van der Waals surface area contributed by atoms with Gasteiger partial charge in [-0.25, -0.2) is 0 Å². The van der Waals surface area contributed by atoms with Crippen molar-refractivity contribution in [3.63, 3.8) is 0 Å². The van der Waals surface area contributed by atoms with Crippen LogP contribution in [0.5, 0.6) is 0 Å². The molecule has 35 heavy (non-hydrogen) atoms. The van der Waals surface area contributed by atoms with E-state index in [4.69, 9.17) is 11.6 Å². The predicted molar refractivity (Wildman–Crippen MR) is 140 cm³/mol. The Hall–Kier alpha value is -0.930. The van der Waals surface area contributed by atoms with Gasteiger partial charge in [0, 0.05) is 38.4 Å². The summed E-state index contributed by atoms with van der Waals surface area (Å²) < 4.78 is 0. The molecule has 0 spiro atoms. The monoisotopic (exact) mass is 510 g/mol. The van der Waals surface area contributed by atoms with Crippen molar-refractivity contribution in [3.05, 3.63) is 0 Å². The zero-order valence-corrected chi connectivity index (χ0v) is 22.6.